The highest BCUT2D eigenvalue weighted by molar-refractivity contribution is 8.03. The van der Waals surface area contributed by atoms with Gasteiger partial charge in [0, 0.05) is 33.6 Å². The van der Waals surface area contributed by atoms with E-state index in [-0.39, 0.29) is 16.0 Å². The highest BCUT2D eigenvalue weighted by atomic mass is 32.2. The second-order valence-corrected chi connectivity index (χ2v) is 6.94. The molecule has 1 aliphatic heterocycles. The zero-order valence-electron chi connectivity index (χ0n) is 12.2. The van der Waals surface area contributed by atoms with Gasteiger partial charge in [0.15, 0.2) is 5.16 Å². The summed E-state index contributed by atoms with van der Waals surface area (Å²) in [6, 6.07) is 13.2. The molecule has 0 radical (unpaired) electrons. The van der Waals surface area contributed by atoms with Crippen LogP contribution in [-0.4, -0.2) is 20.9 Å². The van der Waals surface area contributed by atoms with E-state index in [1.54, 1.807) is 18.2 Å². The van der Waals surface area contributed by atoms with Crippen LogP contribution in [0.25, 0.3) is 21.8 Å². The second kappa shape index (κ2) is 5.42. The van der Waals surface area contributed by atoms with Gasteiger partial charge in [-0.1, -0.05) is 36.0 Å². The molecular weight excluding hydrogens is 313 g/mol. The molecule has 1 unspecified atom stereocenters. The zero-order valence-corrected chi connectivity index (χ0v) is 13.0. The Kier molecular flexibility index (Phi) is 3.38. The van der Waals surface area contributed by atoms with Crippen LogP contribution in [0, 0.1) is 0 Å². The van der Waals surface area contributed by atoms with Gasteiger partial charge in [-0.15, -0.1) is 0 Å². The number of aromatic carboxylic acids is 1. The molecule has 116 valence electrons. The molecule has 0 spiro atoms. The van der Waals surface area contributed by atoms with E-state index in [9.17, 15) is 14.3 Å². The molecule has 0 amide bonds. The van der Waals surface area contributed by atoms with Crippen molar-refractivity contribution in [2.24, 2.45) is 0 Å². The first-order valence-electron chi connectivity index (χ1n) is 7.40. The fourth-order valence-electron chi connectivity index (χ4n) is 3.17. The van der Waals surface area contributed by atoms with Crippen LogP contribution in [0.15, 0.2) is 53.7 Å². The molecule has 1 aliphatic rings. The SMILES string of the molecule is O=C(O)c1ccc2c3ccccc3n(CC3CC=C(F)S3)c2c1. The number of fused-ring (bicyclic) bond motifs is 3. The second-order valence-electron chi connectivity index (χ2n) is 5.65. The molecule has 4 rings (SSSR count). The number of hydrogen-bond acceptors (Lipinski definition) is 2. The number of hydrogen-bond donors (Lipinski definition) is 1. The van der Waals surface area contributed by atoms with Crippen LogP contribution in [0.4, 0.5) is 4.39 Å². The van der Waals surface area contributed by atoms with E-state index in [0.29, 0.717) is 13.0 Å². The molecule has 0 saturated carbocycles. The van der Waals surface area contributed by atoms with Gasteiger partial charge in [-0.25, -0.2) is 4.79 Å². The summed E-state index contributed by atoms with van der Waals surface area (Å²) in [7, 11) is 0. The van der Waals surface area contributed by atoms with Gasteiger partial charge in [-0.2, -0.15) is 4.39 Å². The number of aromatic nitrogens is 1. The number of halogens is 1. The van der Waals surface area contributed by atoms with Crippen molar-refractivity contribution in [3.05, 3.63) is 59.3 Å². The third kappa shape index (κ3) is 2.41. The van der Waals surface area contributed by atoms with Gasteiger partial charge in [0.05, 0.1) is 5.56 Å². The Labute approximate surface area is 136 Å². The van der Waals surface area contributed by atoms with Gasteiger partial charge in [0.2, 0.25) is 0 Å². The van der Waals surface area contributed by atoms with Crippen molar-refractivity contribution in [3.63, 3.8) is 0 Å². The summed E-state index contributed by atoms with van der Waals surface area (Å²) in [6.45, 7) is 0.654. The minimum Gasteiger partial charge on any atom is -0.478 e. The van der Waals surface area contributed by atoms with Gasteiger partial charge < -0.3 is 9.67 Å². The molecule has 0 aliphatic carbocycles. The maximum absolute atomic E-state index is 13.3. The predicted molar refractivity (Wildman–Crippen MR) is 91.6 cm³/mol. The zero-order chi connectivity index (χ0) is 16.0. The minimum absolute atomic E-state index is 0.123. The van der Waals surface area contributed by atoms with Gasteiger partial charge in [-0.3, -0.25) is 0 Å². The lowest BCUT2D eigenvalue weighted by Crippen LogP contribution is -2.10. The van der Waals surface area contributed by atoms with Crippen LogP contribution in [0.3, 0.4) is 0 Å². The van der Waals surface area contributed by atoms with E-state index in [2.05, 4.69) is 4.57 Å². The Morgan fingerprint density at radius 3 is 2.74 bits per heavy atom. The van der Waals surface area contributed by atoms with E-state index in [1.807, 2.05) is 30.3 Å². The smallest absolute Gasteiger partial charge is 0.335 e. The number of thioether (sulfide) groups is 1. The average Bonchev–Trinajstić information content (AvgIpc) is 3.10. The van der Waals surface area contributed by atoms with Crippen LogP contribution >= 0.6 is 11.8 Å². The minimum atomic E-state index is -0.938. The molecule has 1 aromatic heterocycles. The summed E-state index contributed by atoms with van der Waals surface area (Å²) in [6.07, 6.45) is 2.31. The van der Waals surface area contributed by atoms with Crippen LogP contribution < -0.4 is 0 Å². The molecule has 2 aromatic carbocycles. The van der Waals surface area contributed by atoms with Gasteiger partial charge >= 0.3 is 5.97 Å². The van der Waals surface area contributed by atoms with Crippen molar-refractivity contribution in [1.29, 1.82) is 0 Å². The number of allylic oxidation sites excluding steroid dienone is 1. The highest BCUT2D eigenvalue weighted by Gasteiger charge is 2.21. The first-order chi connectivity index (χ1) is 11.1. The molecular formula is C18H14FNO2S. The van der Waals surface area contributed by atoms with Crippen LogP contribution in [0.2, 0.25) is 0 Å². The Morgan fingerprint density at radius 2 is 2.00 bits per heavy atom. The highest BCUT2D eigenvalue weighted by Crippen LogP contribution is 2.36. The maximum atomic E-state index is 13.3. The monoisotopic (exact) mass is 327 g/mol. The lowest BCUT2D eigenvalue weighted by Gasteiger charge is -2.13. The molecule has 1 atom stereocenters. The van der Waals surface area contributed by atoms with Crippen LogP contribution in [0.1, 0.15) is 16.8 Å². The topological polar surface area (TPSA) is 42.2 Å². The van der Waals surface area contributed by atoms with E-state index >= 15 is 0 Å². The molecule has 3 nitrogen and oxygen atoms in total. The number of benzene rings is 2. The fourth-order valence-corrected chi connectivity index (χ4v) is 4.10. The Hall–Kier alpha value is -2.27. The summed E-state index contributed by atoms with van der Waals surface area (Å²) in [5.41, 5.74) is 2.21. The summed E-state index contributed by atoms with van der Waals surface area (Å²) >= 11 is 1.25. The Bertz CT molecular complexity index is 960. The number of carboxylic acid groups (broad SMARTS) is 1. The Morgan fingerprint density at radius 1 is 1.22 bits per heavy atom. The fraction of sp³-hybridized carbons (Fsp3) is 0.167. The van der Waals surface area contributed by atoms with Crippen molar-refractivity contribution in [3.8, 4) is 0 Å². The van der Waals surface area contributed by atoms with E-state index < -0.39 is 5.97 Å². The summed E-state index contributed by atoms with van der Waals surface area (Å²) in [5, 5.41) is 11.4. The number of para-hydroxylation sites is 1. The average molecular weight is 327 g/mol. The molecule has 2 heterocycles. The third-order valence-electron chi connectivity index (χ3n) is 4.23. The third-order valence-corrected chi connectivity index (χ3v) is 5.29. The van der Waals surface area contributed by atoms with Crippen LogP contribution in [-0.2, 0) is 6.54 Å². The number of nitrogens with zero attached hydrogens (tertiary/aromatic N) is 1. The summed E-state index contributed by atoms with van der Waals surface area (Å²) in [5.74, 6) is -0.938. The van der Waals surface area contributed by atoms with Crippen molar-refractivity contribution in [1.82, 2.24) is 4.57 Å². The van der Waals surface area contributed by atoms with Crippen molar-refractivity contribution in [2.45, 2.75) is 18.2 Å². The normalized spacial score (nSPS) is 17.8. The standard InChI is InChI=1S/C18H14FNO2S/c19-17-8-6-12(23-17)10-20-15-4-2-1-3-13(15)14-7-5-11(18(21)22)9-16(14)20/h1-5,7-9,12H,6,10H2,(H,21,22). The number of rotatable bonds is 3. The lowest BCUT2D eigenvalue weighted by atomic mass is 10.1. The van der Waals surface area contributed by atoms with Crippen molar-refractivity contribution in [2.75, 3.05) is 0 Å². The van der Waals surface area contributed by atoms with Crippen molar-refractivity contribution < 1.29 is 14.3 Å². The lowest BCUT2D eigenvalue weighted by molar-refractivity contribution is 0.0697. The van der Waals surface area contributed by atoms with Gasteiger partial charge in [-0.05, 0) is 30.7 Å². The first kappa shape index (κ1) is 14.3. The largest absolute Gasteiger partial charge is 0.478 e. The number of carboxylic acids is 1. The quantitative estimate of drug-likeness (QED) is 0.750. The summed E-state index contributed by atoms with van der Waals surface area (Å²) < 4.78 is 15.4. The number of carbonyl (C=O) groups is 1. The van der Waals surface area contributed by atoms with E-state index in [4.69, 9.17) is 0 Å². The van der Waals surface area contributed by atoms with E-state index in [0.717, 1.165) is 21.8 Å². The molecule has 3 aromatic rings. The molecule has 0 fully saturated rings. The van der Waals surface area contributed by atoms with Gasteiger partial charge in [0.25, 0.3) is 0 Å². The molecule has 23 heavy (non-hydrogen) atoms. The molecule has 1 N–H and O–H groups in total. The van der Waals surface area contributed by atoms with Crippen molar-refractivity contribution >= 4 is 39.5 Å². The Balaban J connectivity index is 1.90. The van der Waals surface area contributed by atoms with E-state index in [1.165, 1.54) is 11.8 Å². The first-order valence-corrected chi connectivity index (χ1v) is 8.28. The molecule has 0 bridgehead atoms. The predicted octanol–water partition coefficient (Wildman–Crippen LogP) is 4.81. The molecule has 5 heteroatoms. The van der Waals surface area contributed by atoms with Crippen LogP contribution in [0.5, 0.6) is 0 Å². The van der Waals surface area contributed by atoms with Gasteiger partial charge in [0.1, 0.15) is 0 Å². The maximum Gasteiger partial charge on any atom is 0.335 e. The summed E-state index contributed by atoms with van der Waals surface area (Å²) in [4.78, 5) is 11.3. The molecule has 0 saturated heterocycles.